The molecule has 0 radical (unpaired) electrons. The molecule has 2 atom stereocenters. The smallest absolute Gasteiger partial charge is 0.321 e. The van der Waals surface area contributed by atoms with Crippen molar-refractivity contribution >= 4 is 39.6 Å². The van der Waals surface area contributed by atoms with Gasteiger partial charge in [-0.25, -0.2) is 4.98 Å². The lowest BCUT2D eigenvalue weighted by molar-refractivity contribution is -0.153. The van der Waals surface area contributed by atoms with E-state index in [2.05, 4.69) is 11.5 Å². The van der Waals surface area contributed by atoms with Crippen molar-refractivity contribution in [3.8, 4) is 0 Å². The van der Waals surface area contributed by atoms with E-state index in [1.807, 2.05) is 66.7 Å². The minimum atomic E-state index is -0.988. The molecular formula is C27H27N3O3. The number of carbonyl (C=O) groups is 2. The maximum Gasteiger partial charge on any atom is 0.321 e. The number of carbonyl (C=O) groups excluding carboxylic acids is 2. The molecule has 0 spiro atoms. The molecule has 168 valence electrons. The Labute approximate surface area is 192 Å². The van der Waals surface area contributed by atoms with Crippen LogP contribution in [0.1, 0.15) is 38.3 Å². The average Bonchev–Trinajstić information content (AvgIpc) is 3.22. The largest absolute Gasteiger partial charge is 0.465 e. The number of anilines is 1. The van der Waals surface area contributed by atoms with Gasteiger partial charge >= 0.3 is 5.97 Å². The van der Waals surface area contributed by atoms with Crippen LogP contribution in [0.2, 0.25) is 0 Å². The zero-order valence-corrected chi connectivity index (χ0v) is 18.9. The minimum Gasteiger partial charge on any atom is -0.465 e. The van der Waals surface area contributed by atoms with Crippen molar-refractivity contribution in [1.82, 2.24) is 9.55 Å². The molecule has 0 fully saturated rings. The molecule has 0 bridgehead atoms. The zero-order valence-electron chi connectivity index (χ0n) is 18.9. The number of unbranched alkanes of at least 4 members (excludes halogenated alkanes) is 1. The fourth-order valence-electron chi connectivity index (χ4n) is 4.86. The van der Waals surface area contributed by atoms with Gasteiger partial charge in [0.2, 0.25) is 11.9 Å². The van der Waals surface area contributed by atoms with Crippen LogP contribution in [-0.2, 0) is 14.3 Å². The fourth-order valence-corrected chi connectivity index (χ4v) is 4.86. The van der Waals surface area contributed by atoms with Crippen LogP contribution in [0.5, 0.6) is 0 Å². The summed E-state index contributed by atoms with van der Waals surface area (Å²) in [6.07, 6.45) is 1.75. The second-order valence-electron chi connectivity index (χ2n) is 8.36. The first-order valence-electron chi connectivity index (χ1n) is 11.6. The Morgan fingerprint density at radius 2 is 1.76 bits per heavy atom. The first-order valence-corrected chi connectivity index (χ1v) is 11.6. The van der Waals surface area contributed by atoms with Gasteiger partial charge in [0.25, 0.3) is 0 Å². The van der Waals surface area contributed by atoms with E-state index in [4.69, 9.17) is 9.72 Å². The normalized spacial score (nSPS) is 18.0. The summed E-state index contributed by atoms with van der Waals surface area (Å²) >= 11 is 0. The topological polar surface area (TPSA) is 64.4 Å². The summed E-state index contributed by atoms with van der Waals surface area (Å²) in [5, 5.41) is 2.07. The van der Waals surface area contributed by atoms with Gasteiger partial charge in [-0.05, 0) is 41.8 Å². The predicted molar refractivity (Wildman–Crippen MR) is 129 cm³/mol. The van der Waals surface area contributed by atoms with Crippen LogP contribution in [-0.4, -0.2) is 34.6 Å². The van der Waals surface area contributed by atoms with E-state index in [-0.39, 0.29) is 12.5 Å². The number of rotatable bonds is 6. The van der Waals surface area contributed by atoms with Gasteiger partial charge in [-0.1, -0.05) is 67.9 Å². The highest BCUT2D eigenvalue weighted by atomic mass is 16.5. The number of imidazole rings is 1. The van der Waals surface area contributed by atoms with Gasteiger partial charge in [-0.15, -0.1) is 0 Å². The number of hydrogen-bond donors (Lipinski definition) is 0. The molecule has 2 heterocycles. The van der Waals surface area contributed by atoms with Gasteiger partial charge in [0.1, 0.15) is 0 Å². The van der Waals surface area contributed by atoms with Crippen LogP contribution in [0, 0.1) is 5.92 Å². The third-order valence-corrected chi connectivity index (χ3v) is 6.36. The molecule has 0 saturated carbocycles. The zero-order chi connectivity index (χ0) is 22.9. The number of nitrogens with zero attached hydrogens (tertiary/aromatic N) is 3. The molecular weight excluding hydrogens is 414 g/mol. The highest BCUT2D eigenvalue weighted by molar-refractivity contribution is 6.09. The molecule has 1 amide bonds. The molecule has 5 rings (SSSR count). The summed E-state index contributed by atoms with van der Waals surface area (Å²) in [5.41, 5.74) is 2.62. The SMILES string of the molecule is CCCCN1C(=O)[C@@H](C(=O)OCC)[C@@H](c2cccc3ccccc23)n2c1nc1ccccc12. The lowest BCUT2D eigenvalue weighted by atomic mass is 9.86. The second kappa shape index (κ2) is 8.70. The molecule has 0 N–H and O–H groups in total. The minimum absolute atomic E-state index is 0.220. The van der Waals surface area contributed by atoms with Crippen LogP contribution in [0.3, 0.4) is 0 Å². The van der Waals surface area contributed by atoms with Gasteiger partial charge in [0.15, 0.2) is 5.92 Å². The summed E-state index contributed by atoms with van der Waals surface area (Å²) in [4.78, 5) is 33.7. The summed E-state index contributed by atoms with van der Waals surface area (Å²) < 4.78 is 7.52. The summed E-state index contributed by atoms with van der Waals surface area (Å²) in [7, 11) is 0. The molecule has 1 aromatic heterocycles. The molecule has 4 aromatic rings. The fraction of sp³-hybridized carbons (Fsp3) is 0.296. The average molecular weight is 442 g/mol. The number of benzene rings is 3. The number of esters is 1. The van der Waals surface area contributed by atoms with Crippen molar-refractivity contribution in [1.29, 1.82) is 0 Å². The van der Waals surface area contributed by atoms with E-state index in [0.29, 0.717) is 12.5 Å². The first-order chi connectivity index (χ1) is 16.2. The monoisotopic (exact) mass is 441 g/mol. The molecule has 1 aliphatic rings. The number of aromatic nitrogens is 2. The Hall–Kier alpha value is -3.67. The van der Waals surface area contributed by atoms with E-state index < -0.39 is 17.9 Å². The Morgan fingerprint density at radius 3 is 2.58 bits per heavy atom. The van der Waals surface area contributed by atoms with Gasteiger partial charge < -0.3 is 9.30 Å². The van der Waals surface area contributed by atoms with Gasteiger partial charge in [0.05, 0.1) is 23.7 Å². The van der Waals surface area contributed by atoms with Crippen LogP contribution in [0.15, 0.2) is 66.7 Å². The lowest BCUT2D eigenvalue weighted by Crippen LogP contribution is -2.50. The Balaban J connectivity index is 1.82. The third-order valence-electron chi connectivity index (χ3n) is 6.36. The summed E-state index contributed by atoms with van der Waals surface area (Å²) in [6.45, 7) is 4.58. The van der Waals surface area contributed by atoms with Crippen molar-refractivity contribution in [3.63, 3.8) is 0 Å². The molecule has 1 aliphatic heterocycles. The van der Waals surface area contributed by atoms with E-state index in [9.17, 15) is 9.59 Å². The van der Waals surface area contributed by atoms with Crippen molar-refractivity contribution in [2.75, 3.05) is 18.1 Å². The van der Waals surface area contributed by atoms with E-state index in [1.165, 1.54) is 0 Å². The number of fused-ring (bicyclic) bond motifs is 4. The van der Waals surface area contributed by atoms with Crippen molar-refractivity contribution in [2.24, 2.45) is 5.92 Å². The summed E-state index contributed by atoms with van der Waals surface area (Å²) in [6, 6.07) is 21.4. The molecule has 6 heteroatoms. The maximum absolute atomic E-state index is 13.9. The first kappa shape index (κ1) is 21.2. The number of hydrogen-bond acceptors (Lipinski definition) is 4. The number of ether oxygens (including phenoxy) is 1. The van der Waals surface area contributed by atoms with E-state index >= 15 is 0 Å². The maximum atomic E-state index is 13.9. The Kier molecular flexibility index (Phi) is 5.58. The van der Waals surface area contributed by atoms with Gasteiger partial charge in [-0.2, -0.15) is 0 Å². The van der Waals surface area contributed by atoms with Gasteiger partial charge in [-0.3, -0.25) is 14.5 Å². The van der Waals surface area contributed by atoms with E-state index in [0.717, 1.165) is 40.2 Å². The van der Waals surface area contributed by atoms with Crippen LogP contribution < -0.4 is 4.90 Å². The summed E-state index contributed by atoms with van der Waals surface area (Å²) in [5.74, 6) is -1.14. The highest BCUT2D eigenvalue weighted by Gasteiger charge is 2.48. The van der Waals surface area contributed by atoms with Crippen molar-refractivity contribution < 1.29 is 14.3 Å². The van der Waals surface area contributed by atoms with Crippen molar-refractivity contribution in [2.45, 2.75) is 32.7 Å². The number of para-hydroxylation sites is 2. The predicted octanol–water partition coefficient (Wildman–Crippen LogP) is 5.10. The van der Waals surface area contributed by atoms with Gasteiger partial charge in [0, 0.05) is 6.54 Å². The van der Waals surface area contributed by atoms with Crippen LogP contribution in [0.4, 0.5) is 5.95 Å². The quantitative estimate of drug-likeness (QED) is 0.308. The highest BCUT2D eigenvalue weighted by Crippen LogP contribution is 2.43. The molecule has 3 aromatic carbocycles. The molecule has 0 unspecified atom stereocenters. The molecule has 6 nitrogen and oxygen atoms in total. The second-order valence-corrected chi connectivity index (χ2v) is 8.36. The van der Waals surface area contributed by atoms with E-state index in [1.54, 1.807) is 11.8 Å². The third kappa shape index (κ3) is 3.46. The van der Waals surface area contributed by atoms with Crippen molar-refractivity contribution in [3.05, 3.63) is 72.3 Å². The number of amides is 1. The standard InChI is InChI=1S/C27H27N3O3/c1-3-5-17-29-25(31)23(26(32)33-4-2)24(20-14-10-12-18-11-6-7-13-19(18)20)30-22-16-9-8-15-21(22)28-27(29)30/h6-16,23-24H,3-5,17H2,1-2H3/t23-,24+/m0/s1. The molecule has 33 heavy (non-hydrogen) atoms. The van der Waals surface area contributed by atoms with Crippen LogP contribution in [0.25, 0.3) is 21.8 Å². The van der Waals surface area contributed by atoms with Crippen LogP contribution >= 0.6 is 0 Å². The molecule has 0 aliphatic carbocycles. The lowest BCUT2D eigenvalue weighted by Gasteiger charge is -2.38. The Bertz CT molecular complexity index is 1340. The molecule has 0 saturated heterocycles. The Morgan fingerprint density at radius 1 is 1.00 bits per heavy atom.